The lowest BCUT2D eigenvalue weighted by Crippen LogP contribution is -2.52. The Morgan fingerprint density at radius 2 is 1.55 bits per heavy atom. The van der Waals surface area contributed by atoms with Crippen molar-refractivity contribution in [3.63, 3.8) is 0 Å². The van der Waals surface area contributed by atoms with Gasteiger partial charge in [-0.15, -0.1) is 0 Å². The number of sulfonamides is 1. The van der Waals surface area contributed by atoms with Crippen molar-refractivity contribution in [3.05, 3.63) is 95.6 Å². The highest BCUT2D eigenvalue weighted by atomic mass is 32.2. The molecule has 3 aromatic carbocycles. The van der Waals surface area contributed by atoms with Crippen molar-refractivity contribution in [2.24, 2.45) is 5.92 Å². The van der Waals surface area contributed by atoms with E-state index in [1.807, 2.05) is 71.0 Å². The zero-order valence-corrected chi connectivity index (χ0v) is 24.9. The van der Waals surface area contributed by atoms with Crippen LogP contribution in [0.2, 0.25) is 0 Å². The van der Waals surface area contributed by atoms with Gasteiger partial charge in [-0.05, 0) is 61.1 Å². The molecule has 1 unspecified atom stereocenters. The van der Waals surface area contributed by atoms with E-state index in [0.717, 1.165) is 27.4 Å². The van der Waals surface area contributed by atoms with Crippen LogP contribution in [0.3, 0.4) is 0 Å². The van der Waals surface area contributed by atoms with E-state index in [9.17, 15) is 18.0 Å². The number of anilines is 1. The molecule has 40 heavy (non-hydrogen) atoms. The molecule has 7 nitrogen and oxygen atoms in total. The summed E-state index contributed by atoms with van der Waals surface area (Å²) < 4.78 is 28.9. The van der Waals surface area contributed by atoms with Gasteiger partial charge in [-0.1, -0.05) is 87.9 Å². The number of carbonyl (C=O) groups is 2. The number of hydrogen-bond donors (Lipinski definition) is 1. The third-order valence-corrected chi connectivity index (χ3v) is 8.54. The van der Waals surface area contributed by atoms with E-state index in [1.54, 1.807) is 30.3 Å². The average molecular weight is 564 g/mol. The first kappa shape index (κ1) is 30.9. The van der Waals surface area contributed by atoms with E-state index < -0.39 is 28.5 Å². The number of nitrogens with zero attached hydrogens (tertiary/aromatic N) is 2. The standard InChI is InChI=1S/C32H41N3O4S/c1-6-26-16-18-28(19-17-26)35(40(38,39)29-14-9-8-10-15-29)23-31(36)34(22-27-13-11-12-25(5)20-27)30(7-2)32(37)33-21-24(3)4/h8-20,24,30H,6-7,21-23H2,1-5H3,(H,33,37). The molecule has 0 aliphatic carbocycles. The van der Waals surface area contributed by atoms with Gasteiger partial charge in [-0.25, -0.2) is 8.42 Å². The first-order valence-electron chi connectivity index (χ1n) is 13.9. The second-order valence-electron chi connectivity index (χ2n) is 10.4. The lowest BCUT2D eigenvalue weighted by molar-refractivity contribution is -0.140. The van der Waals surface area contributed by atoms with Crippen LogP contribution in [0.4, 0.5) is 5.69 Å². The number of benzene rings is 3. The topological polar surface area (TPSA) is 86.8 Å². The largest absolute Gasteiger partial charge is 0.354 e. The van der Waals surface area contributed by atoms with Gasteiger partial charge in [-0.3, -0.25) is 13.9 Å². The molecule has 0 fully saturated rings. The molecule has 0 saturated heterocycles. The Kier molecular flexibility index (Phi) is 10.9. The summed E-state index contributed by atoms with van der Waals surface area (Å²) in [5.74, 6) is -0.450. The molecule has 1 atom stereocenters. The first-order valence-corrected chi connectivity index (χ1v) is 15.3. The van der Waals surface area contributed by atoms with Crippen molar-refractivity contribution >= 4 is 27.5 Å². The number of hydrogen-bond acceptors (Lipinski definition) is 4. The number of aryl methyl sites for hydroxylation is 2. The molecule has 8 heteroatoms. The summed E-state index contributed by atoms with van der Waals surface area (Å²) >= 11 is 0. The molecular weight excluding hydrogens is 522 g/mol. The van der Waals surface area contributed by atoms with Crippen LogP contribution in [0.25, 0.3) is 0 Å². The second kappa shape index (κ2) is 14.1. The molecular formula is C32H41N3O4S. The minimum Gasteiger partial charge on any atom is -0.354 e. The zero-order chi connectivity index (χ0) is 29.3. The van der Waals surface area contributed by atoms with Crippen LogP contribution >= 0.6 is 0 Å². The van der Waals surface area contributed by atoms with Gasteiger partial charge in [0.2, 0.25) is 11.8 Å². The number of amides is 2. The average Bonchev–Trinajstić information content (AvgIpc) is 2.95. The van der Waals surface area contributed by atoms with Crippen LogP contribution in [-0.4, -0.2) is 44.3 Å². The number of rotatable bonds is 13. The highest BCUT2D eigenvalue weighted by Gasteiger charge is 2.33. The summed E-state index contributed by atoms with van der Waals surface area (Å²) in [7, 11) is -4.07. The van der Waals surface area contributed by atoms with Crippen LogP contribution < -0.4 is 9.62 Å². The maximum absolute atomic E-state index is 14.1. The molecule has 0 aromatic heterocycles. The zero-order valence-electron chi connectivity index (χ0n) is 24.1. The summed E-state index contributed by atoms with van der Waals surface area (Å²) in [6.45, 7) is 10.1. The summed E-state index contributed by atoms with van der Waals surface area (Å²) in [4.78, 5) is 29.0. The summed E-state index contributed by atoms with van der Waals surface area (Å²) in [5, 5.41) is 2.95. The van der Waals surface area contributed by atoms with Gasteiger partial charge in [0.25, 0.3) is 10.0 Å². The molecule has 0 aliphatic heterocycles. The SMILES string of the molecule is CCc1ccc(N(CC(=O)N(Cc2cccc(C)c2)C(CC)C(=O)NCC(C)C)S(=O)(=O)c2ccccc2)cc1. The molecule has 3 aromatic rings. The highest BCUT2D eigenvalue weighted by molar-refractivity contribution is 7.92. The smallest absolute Gasteiger partial charge is 0.264 e. The van der Waals surface area contributed by atoms with Gasteiger partial charge < -0.3 is 10.2 Å². The van der Waals surface area contributed by atoms with Gasteiger partial charge in [0.1, 0.15) is 12.6 Å². The Hall–Kier alpha value is -3.65. The lowest BCUT2D eigenvalue weighted by atomic mass is 10.1. The quantitative estimate of drug-likeness (QED) is 0.305. The molecule has 1 N–H and O–H groups in total. The molecule has 0 radical (unpaired) electrons. The highest BCUT2D eigenvalue weighted by Crippen LogP contribution is 2.25. The van der Waals surface area contributed by atoms with Crippen molar-refractivity contribution in [1.29, 1.82) is 0 Å². The van der Waals surface area contributed by atoms with Crippen LogP contribution in [-0.2, 0) is 32.6 Å². The normalized spacial score (nSPS) is 12.2. The predicted molar refractivity (Wildman–Crippen MR) is 160 cm³/mol. The van der Waals surface area contributed by atoms with E-state index in [2.05, 4.69) is 5.32 Å². The van der Waals surface area contributed by atoms with E-state index >= 15 is 0 Å². The molecule has 0 saturated carbocycles. The minimum atomic E-state index is -4.07. The Bertz CT molecular complexity index is 1370. The first-order chi connectivity index (χ1) is 19.1. The van der Waals surface area contributed by atoms with Crippen LogP contribution in [0, 0.1) is 12.8 Å². The van der Waals surface area contributed by atoms with Crippen molar-refractivity contribution in [3.8, 4) is 0 Å². The van der Waals surface area contributed by atoms with E-state index in [4.69, 9.17) is 0 Å². The maximum atomic E-state index is 14.1. The predicted octanol–water partition coefficient (Wildman–Crippen LogP) is 5.33. The Morgan fingerprint density at radius 3 is 2.12 bits per heavy atom. The van der Waals surface area contributed by atoms with Crippen molar-refractivity contribution in [2.45, 2.75) is 64.9 Å². The van der Waals surface area contributed by atoms with Crippen LogP contribution in [0.5, 0.6) is 0 Å². The molecule has 0 aliphatic rings. The van der Waals surface area contributed by atoms with Crippen molar-refractivity contribution in [2.75, 3.05) is 17.4 Å². The Balaban J connectivity index is 2.04. The van der Waals surface area contributed by atoms with Crippen LogP contribution in [0.15, 0.2) is 83.8 Å². The van der Waals surface area contributed by atoms with Crippen molar-refractivity contribution < 1.29 is 18.0 Å². The summed E-state index contributed by atoms with van der Waals surface area (Å²) in [5.41, 5.74) is 3.35. The fourth-order valence-electron chi connectivity index (χ4n) is 4.50. The van der Waals surface area contributed by atoms with E-state index in [1.165, 1.54) is 17.0 Å². The third kappa shape index (κ3) is 7.94. The Labute approximate surface area is 239 Å². The number of carbonyl (C=O) groups excluding carboxylic acids is 2. The Morgan fingerprint density at radius 1 is 0.875 bits per heavy atom. The van der Waals surface area contributed by atoms with Crippen LogP contribution in [0.1, 0.15) is 50.8 Å². The molecule has 0 heterocycles. The van der Waals surface area contributed by atoms with E-state index in [-0.39, 0.29) is 23.3 Å². The molecule has 3 rings (SSSR count). The summed E-state index contributed by atoms with van der Waals surface area (Å²) in [6, 6.07) is 22.3. The molecule has 2 amide bonds. The van der Waals surface area contributed by atoms with E-state index in [0.29, 0.717) is 18.7 Å². The maximum Gasteiger partial charge on any atom is 0.264 e. The minimum absolute atomic E-state index is 0.0920. The number of nitrogens with one attached hydrogen (secondary N) is 1. The van der Waals surface area contributed by atoms with Gasteiger partial charge in [0, 0.05) is 13.1 Å². The molecule has 0 bridgehead atoms. The van der Waals surface area contributed by atoms with Gasteiger partial charge in [0.05, 0.1) is 10.6 Å². The fraction of sp³-hybridized carbons (Fsp3) is 0.375. The monoisotopic (exact) mass is 563 g/mol. The van der Waals surface area contributed by atoms with Gasteiger partial charge in [0.15, 0.2) is 0 Å². The summed E-state index contributed by atoms with van der Waals surface area (Å²) in [6.07, 6.45) is 1.19. The lowest BCUT2D eigenvalue weighted by Gasteiger charge is -2.33. The third-order valence-electron chi connectivity index (χ3n) is 6.75. The molecule has 0 spiro atoms. The molecule has 214 valence electrons. The van der Waals surface area contributed by atoms with Crippen molar-refractivity contribution in [1.82, 2.24) is 10.2 Å². The van der Waals surface area contributed by atoms with Gasteiger partial charge in [-0.2, -0.15) is 0 Å². The van der Waals surface area contributed by atoms with Gasteiger partial charge >= 0.3 is 0 Å². The second-order valence-corrected chi connectivity index (χ2v) is 12.3. The fourth-order valence-corrected chi connectivity index (χ4v) is 5.93.